The predicted molar refractivity (Wildman–Crippen MR) is 172 cm³/mol. The van der Waals surface area contributed by atoms with Crippen molar-refractivity contribution in [2.45, 2.75) is 132 Å². The third-order valence-corrected chi connectivity index (χ3v) is 11.0. The number of aliphatic hydroxyl groups is 3. The van der Waals surface area contributed by atoms with Crippen LogP contribution in [0, 0.1) is 0 Å². The van der Waals surface area contributed by atoms with Crippen LogP contribution in [0.25, 0.3) is 0 Å². The van der Waals surface area contributed by atoms with Crippen molar-refractivity contribution >= 4 is 23.1 Å². The van der Waals surface area contributed by atoms with Crippen molar-refractivity contribution in [2.75, 3.05) is 0 Å². The van der Waals surface area contributed by atoms with Gasteiger partial charge in [0.05, 0.1) is 47.3 Å². The van der Waals surface area contributed by atoms with Crippen molar-refractivity contribution in [1.29, 1.82) is 0 Å². The summed E-state index contributed by atoms with van der Waals surface area (Å²) >= 11 is 0. The van der Waals surface area contributed by atoms with Crippen molar-refractivity contribution < 1.29 is 63.3 Å². The predicted octanol–water partition coefficient (Wildman–Crippen LogP) is 2.62. The molecule has 0 radical (unpaired) electrons. The molecule has 268 valence electrons. The fraction of sp³-hybridized carbons (Fsp3) is 0.568. The zero-order valence-electron chi connectivity index (χ0n) is 28.3. The molecular weight excluding hydrogens is 652 g/mol. The molecule has 13 nitrogen and oxygen atoms in total. The Morgan fingerprint density at radius 2 is 1.66 bits per heavy atom. The Kier molecular flexibility index (Phi) is 8.67. The van der Waals surface area contributed by atoms with Crippen LogP contribution in [-0.2, 0) is 33.3 Å². The number of hydrogen-bond donors (Lipinski definition) is 4. The molecule has 0 bridgehead atoms. The van der Waals surface area contributed by atoms with Crippen molar-refractivity contribution in [3.63, 3.8) is 0 Å². The SMILES string of the molecule is C[C@@H]1O[C@@H](O[C@H]2CC[C@H](c3ccc4c(c3O)C(=O)C3=C(C4=O)[C@@]4(O)C(=O)C[C@](C)(O[C@@H]5C=CC(=O)[C@@H](C)O5)C[C@@]4(O)C=C3)O[C@@H]2C)CC[C@@H]1O. The minimum atomic E-state index is -2.78. The molecule has 0 unspecified atom stereocenters. The summed E-state index contributed by atoms with van der Waals surface area (Å²) in [4.78, 5) is 53.8. The molecule has 13 heteroatoms. The molecule has 1 aromatic carbocycles. The van der Waals surface area contributed by atoms with Crippen molar-refractivity contribution in [1.82, 2.24) is 0 Å². The lowest BCUT2D eigenvalue weighted by Gasteiger charge is -2.53. The molecule has 50 heavy (non-hydrogen) atoms. The van der Waals surface area contributed by atoms with E-state index in [9.17, 15) is 39.6 Å². The molecule has 1 aromatic rings. The average molecular weight is 695 g/mol. The highest BCUT2D eigenvalue weighted by molar-refractivity contribution is 6.32. The Labute approximate surface area is 288 Å². The Balaban J connectivity index is 1.12. The number of aliphatic hydroxyl groups excluding tert-OH is 1. The van der Waals surface area contributed by atoms with Gasteiger partial charge in [-0.15, -0.1) is 0 Å². The van der Waals surface area contributed by atoms with Gasteiger partial charge in [0.25, 0.3) is 0 Å². The van der Waals surface area contributed by atoms with Crippen LogP contribution in [-0.4, -0.2) is 103 Å². The summed E-state index contributed by atoms with van der Waals surface area (Å²) in [6, 6.07) is 2.85. The maximum absolute atomic E-state index is 14.1. The molecule has 11 atom stereocenters. The van der Waals surface area contributed by atoms with E-state index in [2.05, 4.69) is 0 Å². The normalized spacial score (nSPS) is 41.6. The quantitative estimate of drug-likeness (QED) is 0.352. The van der Waals surface area contributed by atoms with Crippen molar-refractivity contribution in [2.24, 2.45) is 0 Å². The number of hydrogen-bond acceptors (Lipinski definition) is 13. The maximum atomic E-state index is 14.1. The number of allylic oxidation sites excluding steroid dienone is 2. The molecule has 3 fully saturated rings. The second-order valence-corrected chi connectivity index (χ2v) is 14.6. The summed E-state index contributed by atoms with van der Waals surface area (Å²) in [5, 5.41) is 45.3. The summed E-state index contributed by atoms with van der Waals surface area (Å²) in [5.41, 5.74) is -7.54. The van der Waals surface area contributed by atoms with Gasteiger partial charge >= 0.3 is 0 Å². The molecule has 7 rings (SSSR count). The first-order valence-corrected chi connectivity index (χ1v) is 17.1. The minimum Gasteiger partial charge on any atom is -0.507 e. The molecule has 3 heterocycles. The van der Waals surface area contributed by atoms with Crippen LogP contribution in [0.2, 0.25) is 0 Å². The molecule has 0 amide bonds. The van der Waals surface area contributed by atoms with Crippen LogP contribution in [0.1, 0.15) is 98.6 Å². The number of phenolic OH excluding ortho intramolecular Hbond substituents is 1. The zero-order chi connectivity index (χ0) is 35.9. The van der Waals surface area contributed by atoms with Gasteiger partial charge in [0, 0.05) is 36.0 Å². The first kappa shape index (κ1) is 35.0. The fourth-order valence-corrected chi connectivity index (χ4v) is 8.20. The number of ether oxygens (including phenoxy) is 5. The zero-order valence-corrected chi connectivity index (χ0v) is 28.3. The van der Waals surface area contributed by atoms with Gasteiger partial charge in [-0.2, -0.15) is 0 Å². The Morgan fingerprint density at radius 3 is 2.36 bits per heavy atom. The van der Waals surface area contributed by atoms with Crippen LogP contribution >= 0.6 is 0 Å². The minimum absolute atomic E-state index is 0.214. The molecule has 1 saturated carbocycles. The Bertz CT molecular complexity index is 1740. The van der Waals surface area contributed by atoms with E-state index in [1.807, 2.05) is 6.92 Å². The molecule has 2 saturated heterocycles. The van der Waals surface area contributed by atoms with Gasteiger partial charge in [0.2, 0.25) is 0 Å². The maximum Gasteiger partial charge on any atom is 0.198 e. The summed E-state index contributed by atoms with van der Waals surface area (Å²) in [7, 11) is 0. The molecular formula is C37H42O13. The third-order valence-electron chi connectivity index (χ3n) is 11.0. The largest absolute Gasteiger partial charge is 0.507 e. The number of rotatable bonds is 5. The van der Waals surface area contributed by atoms with E-state index in [-0.39, 0.29) is 41.1 Å². The van der Waals surface area contributed by atoms with Gasteiger partial charge < -0.3 is 44.1 Å². The number of ketones is 4. The first-order chi connectivity index (χ1) is 23.5. The molecule has 3 aliphatic carbocycles. The Morgan fingerprint density at radius 1 is 0.900 bits per heavy atom. The molecule has 3 aliphatic heterocycles. The van der Waals surface area contributed by atoms with Crippen LogP contribution in [0.4, 0.5) is 0 Å². The van der Waals surface area contributed by atoms with Crippen LogP contribution in [0.15, 0.2) is 47.6 Å². The van der Waals surface area contributed by atoms with Gasteiger partial charge in [-0.05, 0) is 71.3 Å². The fourth-order valence-electron chi connectivity index (χ4n) is 8.20. The van der Waals surface area contributed by atoms with E-state index in [1.165, 1.54) is 30.4 Å². The highest BCUT2D eigenvalue weighted by Gasteiger charge is 2.67. The number of benzene rings is 1. The van der Waals surface area contributed by atoms with E-state index in [1.54, 1.807) is 20.8 Å². The molecule has 0 spiro atoms. The molecule has 4 N–H and O–H groups in total. The standard InChI is InChI=1S/C37H42O13/c1-17-23(38)7-11-28(47-17)49-25-9-10-26(46-19(25)3)20-5-6-21-30(32(20)41)33(42)22-13-14-36(44)16-35(4,50-29-12-8-24(39)18(2)48-29)15-27(40)37(36,45)31(22)34(21)43/h5-6,8,12-14,17-19,23,25-26,28-29,38,41,44-45H,7,9-11,15-16H2,1-4H3/t17-,18+,19+,23-,25-,26+,28-,29+,35-,36-,37-/m0/s1. The van der Waals surface area contributed by atoms with Gasteiger partial charge in [0.1, 0.15) is 17.5 Å². The van der Waals surface area contributed by atoms with Gasteiger partial charge in [0.15, 0.2) is 41.3 Å². The highest BCUT2D eigenvalue weighted by atomic mass is 16.7. The highest BCUT2D eigenvalue weighted by Crippen LogP contribution is 2.53. The van der Waals surface area contributed by atoms with Crippen molar-refractivity contribution in [3.05, 3.63) is 64.3 Å². The summed E-state index contributed by atoms with van der Waals surface area (Å²) in [6.45, 7) is 6.74. The second-order valence-electron chi connectivity index (χ2n) is 14.6. The van der Waals surface area contributed by atoms with Crippen molar-refractivity contribution in [3.8, 4) is 5.75 Å². The number of aromatic hydroxyl groups is 1. The lowest BCUT2D eigenvalue weighted by Crippen LogP contribution is -2.69. The topological polar surface area (TPSA) is 195 Å². The lowest BCUT2D eigenvalue weighted by molar-refractivity contribution is -0.260. The van der Waals surface area contributed by atoms with E-state index in [0.717, 1.165) is 6.08 Å². The summed E-state index contributed by atoms with van der Waals surface area (Å²) < 4.78 is 29.8. The summed E-state index contributed by atoms with van der Waals surface area (Å²) in [6.07, 6.45) is 1.86. The van der Waals surface area contributed by atoms with Crippen LogP contribution in [0.5, 0.6) is 5.75 Å². The second kappa shape index (κ2) is 12.4. The number of phenols is 1. The van der Waals surface area contributed by atoms with E-state index < -0.39 is 88.9 Å². The molecule has 6 aliphatic rings. The number of Topliss-reactive ketones (excluding diaryl/α,β-unsaturated/α-hetero) is 3. The molecule has 0 aromatic heterocycles. The third kappa shape index (κ3) is 5.55. The number of carbonyl (C=O) groups is 4. The van der Waals surface area contributed by atoms with Crippen LogP contribution in [0.3, 0.4) is 0 Å². The smallest absolute Gasteiger partial charge is 0.198 e. The van der Waals surface area contributed by atoms with E-state index in [0.29, 0.717) is 31.2 Å². The monoisotopic (exact) mass is 694 g/mol. The van der Waals surface area contributed by atoms with E-state index >= 15 is 0 Å². The average Bonchev–Trinajstić information content (AvgIpc) is 3.05. The Hall–Kier alpha value is -3.40. The lowest BCUT2D eigenvalue weighted by atomic mass is 9.57. The van der Waals surface area contributed by atoms with Gasteiger partial charge in [-0.25, -0.2) is 0 Å². The number of carbonyl (C=O) groups excluding carboxylic acids is 4. The summed E-state index contributed by atoms with van der Waals surface area (Å²) in [5.74, 6) is -3.28. The number of fused-ring (bicyclic) bond motifs is 3. The first-order valence-electron chi connectivity index (χ1n) is 17.1. The van der Waals surface area contributed by atoms with E-state index in [4.69, 9.17) is 23.7 Å². The van der Waals surface area contributed by atoms with Crippen LogP contribution < -0.4 is 0 Å². The van der Waals surface area contributed by atoms with Gasteiger partial charge in [-0.3, -0.25) is 19.2 Å². The van der Waals surface area contributed by atoms with Gasteiger partial charge in [-0.1, -0.05) is 12.1 Å².